The van der Waals surface area contributed by atoms with Gasteiger partial charge in [-0.3, -0.25) is 9.59 Å². The average Bonchev–Trinajstić information content (AvgIpc) is 3.03. The fourth-order valence-corrected chi connectivity index (χ4v) is 3.77. The zero-order valence-electron chi connectivity index (χ0n) is 20.5. The molecule has 182 valence electrons. The van der Waals surface area contributed by atoms with Gasteiger partial charge in [0.25, 0.3) is 5.91 Å². The van der Waals surface area contributed by atoms with Crippen molar-refractivity contribution in [2.45, 2.75) is 84.0 Å². The van der Waals surface area contributed by atoms with Gasteiger partial charge in [-0.15, -0.1) is 0 Å². The number of carbonyl (C=O) groups is 1. The van der Waals surface area contributed by atoms with E-state index in [0.717, 1.165) is 12.2 Å². The highest BCUT2D eigenvalue weighted by atomic mass is 16.5. The van der Waals surface area contributed by atoms with Crippen LogP contribution in [0.5, 0.6) is 5.75 Å². The Hall–Kier alpha value is -3.13. The van der Waals surface area contributed by atoms with Crippen molar-refractivity contribution in [2.24, 2.45) is 0 Å². The monoisotopic (exact) mass is 462 g/mol. The Labute approximate surface area is 204 Å². The van der Waals surface area contributed by atoms with Crippen LogP contribution in [0.25, 0.3) is 0 Å². The maximum atomic E-state index is 12.5. The van der Waals surface area contributed by atoms with Crippen molar-refractivity contribution >= 4 is 11.6 Å². The molecule has 0 saturated carbocycles. The summed E-state index contributed by atoms with van der Waals surface area (Å²) >= 11 is 0. The Balaban J connectivity index is 1.61. The van der Waals surface area contributed by atoms with E-state index < -0.39 is 0 Å². The van der Waals surface area contributed by atoms with Crippen molar-refractivity contribution in [1.29, 1.82) is 5.26 Å². The van der Waals surface area contributed by atoms with E-state index in [-0.39, 0.29) is 17.0 Å². The number of hydrogen-bond donors (Lipinski definition) is 1. The van der Waals surface area contributed by atoms with Crippen molar-refractivity contribution in [3.63, 3.8) is 0 Å². The van der Waals surface area contributed by atoms with Gasteiger partial charge < -0.3 is 10.1 Å². The molecule has 0 bridgehead atoms. The first-order chi connectivity index (χ1) is 16.6. The predicted molar refractivity (Wildman–Crippen MR) is 138 cm³/mol. The third-order valence-corrected chi connectivity index (χ3v) is 5.87. The first-order valence-electron chi connectivity index (χ1n) is 12.7. The molecule has 5 heteroatoms. The number of unbranched alkanes of at least 4 members (excludes halogenated alkanes) is 11. The van der Waals surface area contributed by atoms with Crippen LogP contribution in [-0.2, 0) is 0 Å². The molecule has 0 unspecified atom stereocenters. The molecule has 0 spiro atoms. The van der Waals surface area contributed by atoms with Crippen molar-refractivity contribution in [1.82, 2.24) is 0 Å². The SMILES string of the molecule is CCCCCCCCCCCCCCOc1ccc(C(=O)Nc2ccc(C#N)ccc2=O)cc1. The highest BCUT2D eigenvalue weighted by molar-refractivity contribution is 6.04. The highest BCUT2D eigenvalue weighted by Gasteiger charge is 2.08. The van der Waals surface area contributed by atoms with Crippen LogP contribution >= 0.6 is 0 Å². The van der Waals surface area contributed by atoms with Gasteiger partial charge in [-0.1, -0.05) is 77.6 Å². The number of nitriles is 1. The number of anilines is 1. The lowest BCUT2D eigenvalue weighted by atomic mass is 10.1. The van der Waals surface area contributed by atoms with Crippen LogP contribution in [-0.4, -0.2) is 12.5 Å². The number of rotatable bonds is 16. The van der Waals surface area contributed by atoms with E-state index in [1.807, 2.05) is 6.07 Å². The minimum Gasteiger partial charge on any atom is -0.494 e. The summed E-state index contributed by atoms with van der Waals surface area (Å²) < 4.78 is 5.80. The molecule has 0 saturated heterocycles. The summed E-state index contributed by atoms with van der Waals surface area (Å²) in [6, 6.07) is 14.5. The molecule has 0 radical (unpaired) electrons. The smallest absolute Gasteiger partial charge is 0.255 e. The van der Waals surface area contributed by atoms with Crippen LogP contribution in [0.1, 0.15) is 99.9 Å². The van der Waals surface area contributed by atoms with E-state index in [0.29, 0.717) is 17.7 Å². The fourth-order valence-electron chi connectivity index (χ4n) is 3.77. The second-order valence-corrected chi connectivity index (χ2v) is 8.73. The van der Waals surface area contributed by atoms with Crippen molar-refractivity contribution in [2.75, 3.05) is 11.9 Å². The summed E-state index contributed by atoms with van der Waals surface area (Å²) in [5, 5.41) is 11.5. The molecule has 0 fully saturated rings. The lowest BCUT2D eigenvalue weighted by molar-refractivity contribution is 0.102. The van der Waals surface area contributed by atoms with E-state index in [2.05, 4.69) is 12.2 Å². The molecule has 0 heterocycles. The largest absolute Gasteiger partial charge is 0.494 e. The second kappa shape index (κ2) is 16.5. The van der Waals surface area contributed by atoms with E-state index in [9.17, 15) is 9.59 Å². The lowest BCUT2D eigenvalue weighted by Crippen LogP contribution is -2.16. The van der Waals surface area contributed by atoms with Crippen molar-refractivity contribution < 1.29 is 9.53 Å². The molecule has 0 atom stereocenters. The minimum atomic E-state index is -0.380. The molecule has 1 amide bonds. The van der Waals surface area contributed by atoms with Crippen LogP contribution in [0, 0.1) is 11.3 Å². The maximum Gasteiger partial charge on any atom is 0.255 e. The lowest BCUT2D eigenvalue weighted by Gasteiger charge is -2.08. The maximum absolute atomic E-state index is 12.5. The van der Waals surface area contributed by atoms with Crippen LogP contribution in [0.4, 0.5) is 5.69 Å². The molecule has 0 aromatic heterocycles. The highest BCUT2D eigenvalue weighted by Crippen LogP contribution is 2.15. The van der Waals surface area contributed by atoms with Gasteiger partial charge in [0.2, 0.25) is 5.43 Å². The van der Waals surface area contributed by atoms with Crippen LogP contribution in [0.2, 0.25) is 0 Å². The van der Waals surface area contributed by atoms with E-state index in [1.54, 1.807) is 24.3 Å². The van der Waals surface area contributed by atoms with Gasteiger partial charge in [0.15, 0.2) is 0 Å². The van der Waals surface area contributed by atoms with Gasteiger partial charge in [-0.2, -0.15) is 5.26 Å². The minimum absolute atomic E-state index is 0.138. The molecule has 2 rings (SSSR count). The Kier molecular flexibility index (Phi) is 13.1. The normalized spacial score (nSPS) is 10.5. The summed E-state index contributed by atoms with van der Waals surface area (Å²) in [7, 11) is 0. The number of amides is 1. The van der Waals surface area contributed by atoms with Gasteiger partial charge in [0.05, 0.1) is 23.9 Å². The molecule has 0 aliphatic carbocycles. The number of nitrogens with one attached hydrogen (secondary N) is 1. The molecule has 1 N–H and O–H groups in total. The average molecular weight is 463 g/mol. The Bertz CT molecular complexity index is 964. The third kappa shape index (κ3) is 10.7. The predicted octanol–water partition coefficient (Wildman–Crippen LogP) is 7.25. The molecule has 0 aliphatic heterocycles. The van der Waals surface area contributed by atoms with Crippen LogP contribution < -0.4 is 15.5 Å². The molecule has 2 aromatic rings. The first kappa shape index (κ1) is 27.1. The van der Waals surface area contributed by atoms with E-state index in [1.165, 1.54) is 94.9 Å². The Morgan fingerprint density at radius 3 is 1.94 bits per heavy atom. The van der Waals surface area contributed by atoms with E-state index in [4.69, 9.17) is 10.00 Å². The molecule has 5 nitrogen and oxygen atoms in total. The summed E-state index contributed by atoms with van der Waals surface area (Å²) in [5.74, 6) is 0.350. The number of hydrogen-bond acceptors (Lipinski definition) is 4. The first-order valence-corrected chi connectivity index (χ1v) is 12.7. The fraction of sp³-hybridized carbons (Fsp3) is 0.483. The topological polar surface area (TPSA) is 79.2 Å². The van der Waals surface area contributed by atoms with Gasteiger partial charge >= 0.3 is 0 Å². The van der Waals surface area contributed by atoms with Gasteiger partial charge in [0.1, 0.15) is 5.75 Å². The van der Waals surface area contributed by atoms with Crippen molar-refractivity contribution in [3.8, 4) is 11.8 Å². The molecule has 34 heavy (non-hydrogen) atoms. The molecular weight excluding hydrogens is 424 g/mol. The summed E-state index contributed by atoms with van der Waals surface area (Å²) in [5.41, 5.74) is 0.576. The number of nitrogens with zero attached hydrogens (tertiary/aromatic N) is 1. The number of ether oxygens (including phenoxy) is 1. The molecular formula is C29H38N2O3. The second-order valence-electron chi connectivity index (χ2n) is 8.73. The van der Waals surface area contributed by atoms with Crippen LogP contribution in [0.15, 0.2) is 53.3 Å². The van der Waals surface area contributed by atoms with Crippen molar-refractivity contribution in [3.05, 3.63) is 69.9 Å². The van der Waals surface area contributed by atoms with Gasteiger partial charge in [0, 0.05) is 5.56 Å². The van der Waals surface area contributed by atoms with Gasteiger partial charge in [-0.05, 0) is 55.0 Å². The zero-order valence-corrected chi connectivity index (χ0v) is 20.5. The molecule has 0 aliphatic rings. The van der Waals surface area contributed by atoms with Gasteiger partial charge in [-0.25, -0.2) is 0 Å². The number of benzene rings is 1. The summed E-state index contributed by atoms with van der Waals surface area (Å²) in [6.07, 6.45) is 15.7. The zero-order chi connectivity index (χ0) is 24.4. The summed E-state index contributed by atoms with van der Waals surface area (Å²) in [4.78, 5) is 24.5. The van der Waals surface area contributed by atoms with Crippen LogP contribution in [0.3, 0.4) is 0 Å². The third-order valence-electron chi connectivity index (χ3n) is 5.87. The van der Waals surface area contributed by atoms with E-state index >= 15 is 0 Å². The summed E-state index contributed by atoms with van der Waals surface area (Å²) in [6.45, 7) is 2.93. The number of carbonyl (C=O) groups excluding carboxylic acids is 1. The Morgan fingerprint density at radius 1 is 0.794 bits per heavy atom. The standard InChI is InChI=1S/C29H38N2O3/c1-2-3-4-5-6-7-8-9-10-11-12-13-22-34-26-18-16-25(17-19-26)29(33)31-27-20-14-24(23-30)15-21-28(27)32/h14-21H,2-13,22H2,1H3,(H,31,32,33). The Morgan fingerprint density at radius 2 is 1.35 bits per heavy atom. The molecule has 2 aromatic carbocycles. The quantitative estimate of drug-likeness (QED) is 0.266.